The molecular formula is C20H44P2S2. The molecule has 0 heterocycles. The van der Waals surface area contributed by atoms with Gasteiger partial charge in [-0.05, 0) is 61.8 Å². The van der Waals surface area contributed by atoms with E-state index in [4.69, 9.17) is 23.6 Å². The van der Waals surface area contributed by atoms with Gasteiger partial charge >= 0.3 is 0 Å². The molecular weight excluding hydrogens is 366 g/mol. The van der Waals surface area contributed by atoms with E-state index < -0.39 is 11.5 Å². The minimum absolute atomic E-state index is 1.30. The second-order valence-corrected chi connectivity index (χ2v) is 23.0. The van der Waals surface area contributed by atoms with Crippen LogP contribution in [0.15, 0.2) is 0 Å². The summed E-state index contributed by atoms with van der Waals surface area (Å²) in [4.78, 5) is 0. The van der Waals surface area contributed by atoms with Crippen LogP contribution in [0, 0.1) is 0 Å². The summed E-state index contributed by atoms with van der Waals surface area (Å²) in [5.41, 5.74) is -2.64. The predicted molar refractivity (Wildman–Crippen MR) is 126 cm³/mol. The lowest BCUT2D eigenvalue weighted by molar-refractivity contribution is 0.759. The fraction of sp³-hybridized carbons (Fsp3) is 1.00. The molecule has 0 aromatic rings. The third-order valence-electron chi connectivity index (χ3n) is 5.11. The maximum absolute atomic E-state index is 6.52. The molecule has 0 aliphatic heterocycles. The van der Waals surface area contributed by atoms with Crippen LogP contribution in [0.2, 0.25) is 0 Å². The molecule has 0 radical (unpaired) electrons. The van der Waals surface area contributed by atoms with E-state index in [-0.39, 0.29) is 0 Å². The second kappa shape index (κ2) is 15.4. The van der Waals surface area contributed by atoms with Gasteiger partial charge < -0.3 is 0 Å². The molecule has 24 heavy (non-hydrogen) atoms. The van der Waals surface area contributed by atoms with Crippen molar-refractivity contribution in [2.75, 3.05) is 24.6 Å². The van der Waals surface area contributed by atoms with Crippen LogP contribution in [0.3, 0.4) is 0 Å². The average molecular weight is 411 g/mol. The molecule has 4 heteroatoms. The quantitative estimate of drug-likeness (QED) is 0.174. The maximum Gasteiger partial charge on any atom is -0.0129 e. The number of hydrogen-bond donors (Lipinski definition) is 0. The lowest BCUT2D eigenvalue weighted by Gasteiger charge is -2.36. The van der Waals surface area contributed by atoms with Gasteiger partial charge in [0.2, 0.25) is 0 Å². The summed E-state index contributed by atoms with van der Waals surface area (Å²) in [7, 11) is 0. The molecule has 0 aromatic carbocycles. The maximum atomic E-state index is 6.52. The number of unbranched alkanes of at least 4 members (excludes halogenated alkanes) is 8. The van der Waals surface area contributed by atoms with E-state index in [1.165, 1.54) is 102 Å². The van der Waals surface area contributed by atoms with Gasteiger partial charge in [-0.1, -0.05) is 103 Å². The molecule has 146 valence electrons. The van der Waals surface area contributed by atoms with Crippen molar-refractivity contribution in [2.45, 2.75) is 105 Å². The summed E-state index contributed by atoms with van der Waals surface area (Å²) in [5, 5.41) is 0. The highest BCUT2D eigenvalue weighted by Gasteiger charge is 2.32. The van der Waals surface area contributed by atoms with Crippen LogP contribution in [-0.2, 0) is 23.6 Å². The topological polar surface area (TPSA) is 0 Å². The highest BCUT2D eigenvalue weighted by molar-refractivity contribution is 8.66. The molecule has 0 bridgehead atoms. The monoisotopic (exact) mass is 410 g/mol. The fourth-order valence-corrected chi connectivity index (χ4v) is 18.7. The van der Waals surface area contributed by atoms with Gasteiger partial charge in [-0.15, -0.1) is 0 Å². The molecule has 0 saturated heterocycles. The van der Waals surface area contributed by atoms with Gasteiger partial charge in [-0.25, -0.2) is 0 Å². The highest BCUT2D eigenvalue weighted by atomic mass is 32.8. The normalized spacial score (nSPS) is 12.7. The van der Waals surface area contributed by atoms with Gasteiger partial charge in [-0.3, -0.25) is 0 Å². The smallest absolute Gasteiger partial charge is 0.0129 e. The van der Waals surface area contributed by atoms with Crippen molar-refractivity contribution in [3.05, 3.63) is 0 Å². The molecule has 0 saturated carbocycles. The fourth-order valence-electron chi connectivity index (χ4n) is 3.39. The molecule has 0 aliphatic rings. The van der Waals surface area contributed by atoms with Crippen molar-refractivity contribution in [1.82, 2.24) is 0 Å². The Morgan fingerprint density at radius 2 is 0.625 bits per heavy atom. The Morgan fingerprint density at radius 3 is 0.792 bits per heavy atom. The van der Waals surface area contributed by atoms with Crippen molar-refractivity contribution in [3.8, 4) is 0 Å². The molecule has 0 N–H and O–H groups in total. The van der Waals surface area contributed by atoms with Crippen LogP contribution in [0.1, 0.15) is 105 Å². The third kappa shape index (κ3) is 9.85. The lowest BCUT2D eigenvalue weighted by atomic mass is 10.3. The molecule has 0 fully saturated rings. The van der Waals surface area contributed by atoms with Crippen molar-refractivity contribution in [1.29, 1.82) is 0 Å². The molecule has 0 aromatic heterocycles. The Bertz CT molecular complexity index is 316. The number of hydrogen-bond acceptors (Lipinski definition) is 2. The highest BCUT2D eigenvalue weighted by Crippen LogP contribution is 2.82. The largest absolute Gasteiger partial charge is 0.0919 e. The average Bonchev–Trinajstić information content (AvgIpc) is 2.56. The summed E-state index contributed by atoms with van der Waals surface area (Å²) < 4.78 is 0. The van der Waals surface area contributed by atoms with Crippen molar-refractivity contribution in [3.63, 3.8) is 0 Å². The van der Waals surface area contributed by atoms with Crippen LogP contribution in [-0.4, -0.2) is 24.6 Å². The Hall–Kier alpha value is 1.30. The van der Waals surface area contributed by atoms with E-state index >= 15 is 0 Å². The molecule has 0 spiro atoms. The minimum Gasteiger partial charge on any atom is -0.0919 e. The van der Waals surface area contributed by atoms with Gasteiger partial charge in [0, 0.05) is 0 Å². The van der Waals surface area contributed by atoms with E-state index in [9.17, 15) is 0 Å². The van der Waals surface area contributed by atoms with Gasteiger partial charge in [0.05, 0.1) is 0 Å². The summed E-state index contributed by atoms with van der Waals surface area (Å²) in [6.45, 7) is 9.22. The zero-order valence-corrected chi connectivity index (χ0v) is 20.4. The molecule has 0 nitrogen and oxygen atoms in total. The molecule has 0 unspecified atom stereocenters. The summed E-state index contributed by atoms with van der Waals surface area (Å²) in [6.07, 6.45) is 21.3. The zero-order chi connectivity index (χ0) is 18.3. The molecule has 0 rings (SSSR count). The first-order chi connectivity index (χ1) is 11.5. The standard InChI is InChI=1S/C20H44P2S2/c1-5-9-13-17-21(23,18-14-10-6-2)22(24,19-15-11-7-3)20-16-12-8-4/h5-20H2,1-4H3. The van der Waals surface area contributed by atoms with Crippen LogP contribution in [0.25, 0.3) is 0 Å². The van der Waals surface area contributed by atoms with E-state index in [0.717, 1.165) is 0 Å². The van der Waals surface area contributed by atoms with Gasteiger partial charge in [0.15, 0.2) is 0 Å². The van der Waals surface area contributed by atoms with E-state index in [2.05, 4.69) is 27.7 Å². The van der Waals surface area contributed by atoms with Gasteiger partial charge in [0.25, 0.3) is 0 Å². The second-order valence-electron chi connectivity index (χ2n) is 7.42. The van der Waals surface area contributed by atoms with Crippen molar-refractivity contribution < 1.29 is 0 Å². The van der Waals surface area contributed by atoms with Crippen molar-refractivity contribution >= 4 is 35.1 Å². The third-order valence-corrected chi connectivity index (χ3v) is 25.6. The predicted octanol–water partition coefficient (Wildman–Crippen LogP) is 8.62. The Kier molecular flexibility index (Phi) is 16.2. The molecule has 0 atom stereocenters. The SMILES string of the molecule is CCCCCP(=S)(CCCCC)P(=S)(CCCCC)CCCCC. The minimum atomic E-state index is -1.32. The van der Waals surface area contributed by atoms with Crippen LogP contribution < -0.4 is 0 Å². The van der Waals surface area contributed by atoms with E-state index in [1.54, 1.807) is 0 Å². The first-order valence-electron chi connectivity index (χ1n) is 10.7. The Balaban J connectivity index is 5.16. The van der Waals surface area contributed by atoms with Crippen LogP contribution in [0.4, 0.5) is 0 Å². The Labute approximate surface area is 164 Å². The van der Waals surface area contributed by atoms with E-state index in [1.807, 2.05) is 0 Å². The first kappa shape index (κ1) is 25.3. The van der Waals surface area contributed by atoms with Crippen LogP contribution >= 0.6 is 11.5 Å². The zero-order valence-electron chi connectivity index (χ0n) is 17.0. The lowest BCUT2D eigenvalue weighted by Crippen LogP contribution is -2.04. The van der Waals surface area contributed by atoms with Gasteiger partial charge in [0.1, 0.15) is 0 Å². The summed E-state index contributed by atoms with van der Waals surface area (Å²) in [5.74, 6) is 0. The van der Waals surface area contributed by atoms with Crippen LogP contribution in [0.5, 0.6) is 0 Å². The summed E-state index contributed by atoms with van der Waals surface area (Å²) >= 11 is 13.0. The first-order valence-corrected chi connectivity index (χ1v) is 17.7. The van der Waals surface area contributed by atoms with Crippen molar-refractivity contribution in [2.24, 2.45) is 0 Å². The number of rotatable bonds is 17. The summed E-state index contributed by atoms with van der Waals surface area (Å²) in [6, 6.07) is 0. The molecule has 0 amide bonds. The van der Waals surface area contributed by atoms with Gasteiger partial charge in [-0.2, -0.15) is 0 Å². The Morgan fingerprint density at radius 1 is 0.417 bits per heavy atom. The van der Waals surface area contributed by atoms with E-state index in [0.29, 0.717) is 0 Å². The molecule has 0 aliphatic carbocycles.